The second-order valence-corrected chi connectivity index (χ2v) is 9.00. The van der Waals surface area contributed by atoms with Crippen LogP contribution >= 0.6 is 0 Å². The maximum Gasteiger partial charge on any atom is 0.315 e. The molecular formula is C24H31N3O4. The van der Waals surface area contributed by atoms with Crippen molar-refractivity contribution in [3.05, 3.63) is 57.3 Å². The number of fused-ring (bicyclic) bond motifs is 1. The summed E-state index contributed by atoms with van der Waals surface area (Å²) in [6, 6.07) is 8.33. The minimum absolute atomic E-state index is 0.0236. The van der Waals surface area contributed by atoms with Crippen LogP contribution in [0.4, 0.5) is 0 Å². The summed E-state index contributed by atoms with van der Waals surface area (Å²) in [5.74, 6) is -1.06. The van der Waals surface area contributed by atoms with Crippen molar-refractivity contribution in [3.8, 4) is 5.75 Å². The number of aliphatic hydroxyl groups excluding tert-OH is 1. The standard InChI is InChI=1S/C24H31N3O4/c1-4-16-8-7-9-17(12-16)24(10-5-6-11-24)18(14-28)21-25-22(30)20(29)19-23(31)26(3)15(2)13-27(19)21/h7-9,12,15,18,28-29H,4-6,10-11,13-14H2,1-3H3/t15-,18+/m0/s1. The van der Waals surface area contributed by atoms with Gasteiger partial charge in [0.2, 0.25) is 5.75 Å². The van der Waals surface area contributed by atoms with Gasteiger partial charge >= 0.3 is 5.56 Å². The molecule has 0 unspecified atom stereocenters. The molecule has 2 aliphatic rings. The van der Waals surface area contributed by atoms with Crippen LogP contribution in [0.15, 0.2) is 29.1 Å². The highest BCUT2D eigenvalue weighted by Crippen LogP contribution is 2.50. The molecule has 166 valence electrons. The van der Waals surface area contributed by atoms with Gasteiger partial charge in [-0.15, -0.1) is 0 Å². The number of aromatic hydroxyl groups is 1. The van der Waals surface area contributed by atoms with E-state index in [1.165, 1.54) is 10.5 Å². The molecule has 0 saturated heterocycles. The third kappa shape index (κ3) is 3.35. The van der Waals surface area contributed by atoms with E-state index in [1.54, 1.807) is 11.6 Å². The van der Waals surface area contributed by atoms with Gasteiger partial charge < -0.3 is 19.7 Å². The molecule has 0 radical (unpaired) electrons. The lowest BCUT2D eigenvalue weighted by atomic mass is 9.68. The van der Waals surface area contributed by atoms with Gasteiger partial charge in [-0.25, -0.2) is 0 Å². The van der Waals surface area contributed by atoms with Crippen LogP contribution in [-0.2, 0) is 18.4 Å². The highest BCUT2D eigenvalue weighted by molar-refractivity contribution is 5.95. The van der Waals surface area contributed by atoms with Crippen molar-refractivity contribution < 1.29 is 15.0 Å². The van der Waals surface area contributed by atoms with Gasteiger partial charge in [-0.1, -0.05) is 44.0 Å². The summed E-state index contributed by atoms with van der Waals surface area (Å²) in [6.45, 7) is 4.26. The smallest absolute Gasteiger partial charge is 0.315 e. The van der Waals surface area contributed by atoms with Crippen LogP contribution < -0.4 is 5.56 Å². The molecule has 2 N–H and O–H groups in total. The lowest BCUT2D eigenvalue weighted by Gasteiger charge is -2.40. The van der Waals surface area contributed by atoms with Crippen molar-refractivity contribution in [2.24, 2.45) is 0 Å². The molecule has 31 heavy (non-hydrogen) atoms. The number of benzene rings is 1. The average molecular weight is 426 g/mol. The molecule has 0 bridgehead atoms. The van der Waals surface area contributed by atoms with E-state index in [4.69, 9.17) is 0 Å². The zero-order valence-electron chi connectivity index (χ0n) is 18.5. The van der Waals surface area contributed by atoms with E-state index >= 15 is 0 Å². The zero-order chi connectivity index (χ0) is 22.3. The Balaban J connectivity index is 1.94. The van der Waals surface area contributed by atoms with Crippen molar-refractivity contribution in [2.75, 3.05) is 13.7 Å². The number of rotatable bonds is 5. The number of aromatic nitrogens is 2. The molecular weight excluding hydrogens is 394 g/mol. The van der Waals surface area contributed by atoms with Crippen molar-refractivity contribution >= 4 is 5.91 Å². The van der Waals surface area contributed by atoms with E-state index in [2.05, 4.69) is 36.2 Å². The Morgan fingerprint density at radius 1 is 1.26 bits per heavy atom. The summed E-state index contributed by atoms with van der Waals surface area (Å²) < 4.78 is 1.67. The Labute approximate surface area is 182 Å². The first-order valence-electron chi connectivity index (χ1n) is 11.1. The summed E-state index contributed by atoms with van der Waals surface area (Å²) in [5, 5.41) is 21.0. The van der Waals surface area contributed by atoms with E-state index in [-0.39, 0.29) is 23.8 Å². The van der Waals surface area contributed by atoms with Gasteiger partial charge in [0, 0.05) is 25.0 Å². The summed E-state index contributed by atoms with van der Waals surface area (Å²) in [5.41, 5.74) is 1.17. The molecule has 2 atom stereocenters. The fraction of sp³-hybridized carbons (Fsp3) is 0.542. The predicted octanol–water partition coefficient (Wildman–Crippen LogP) is 2.57. The van der Waals surface area contributed by atoms with E-state index in [0.717, 1.165) is 37.7 Å². The fourth-order valence-corrected chi connectivity index (χ4v) is 5.43. The molecule has 7 heteroatoms. The van der Waals surface area contributed by atoms with E-state index in [9.17, 15) is 19.8 Å². The Morgan fingerprint density at radius 3 is 2.61 bits per heavy atom. The molecule has 2 heterocycles. The number of amides is 1. The molecule has 1 aromatic heterocycles. The maximum absolute atomic E-state index is 12.9. The van der Waals surface area contributed by atoms with Crippen LogP contribution in [0.3, 0.4) is 0 Å². The lowest BCUT2D eigenvalue weighted by Crippen LogP contribution is -2.48. The molecule has 1 amide bonds. The number of carbonyl (C=O) groups is 1. The Hall–Kier alpha value is -2.67. The van der Waals surface area contributed by atoms with Crippen LogP contribution in [0.2, 0.25) is 0 Å². The monoisotopic (exact) mass is 425 g/mol. The average Bonchev–Trinajstić information content (AvgIpc) is 3.26. The number of aliphatic hydroxyl groups is 1. The molecule has 2 aromatic rings. The highest BCUT2D eigenvalue weighted by Gasteiger charge is 2.46. The summed E-state index contributed by atoms with van der Waals surface area (Å²) in [6.07, 6.45) is 4.72. The topological polar surface area (TPSA) is 95.7 Å². The van der Waals surface area contributed by atoms with E-state index in [0.29, 0.717) is 12.4 Å². The predicted molar refractivity (Wildman–Crippen MR) is 118 cm³/mol. The van der Waals surface area contributed by atoms with Gasteiger partial charge in [0.25, 0.3) is 5.91 Å². The molecule has 1 aliphatic carbocycles. The van der Waals surface area contributed by atoms with Crippen molar-refractivity contribution in [3.63, 3.8) is 0 Å². The van der Waals surface area contributed by atoms with Crippen molar-refractivity contribution in [1.29, 1.82) is 0 Å². The van der Waals surface area contributed by atoms with Crippen LogP contribution in [0.5, 0.6) is 5.75 Å². The third-order valence-electron chi connectivity index (χ3n) is 7.39. The van der Waals surface area contributed by atoms with E-state index in [1.807, 2.05) is 6.92 Å². The van der Waals surface area contributed by atoms with Crippen LogP contribution in [0.1, 0.15) is 72.9 Å². The van der Waals surface area contributed by atoms with E-state index < -0.39 is 23.1 Å². The van der Waals surface area contributed by atoms with Gasteiger partial charge in [-0.2, -0.15) is 4.98 Å². The largest absolute Gasteiger partial charge is 0.501 e. The normalized spacial score (nSPS) is 21.2. The summed E-state index contributed by atoms with van der Waals surface area (Å²) in [4.78, 5) is 31.3. The van der Waals surface area contributed by atoms with Gasteiger partial charge in [0.15, 0.2) is 5.69 Å². The molecule has 7 nitrogen and oxygen atoms in total. The maximum atomic E-state index is 12.9. The molecule has 0 spiro atoms. The first-order valence-corrected chi connectivity index (χ1v) is 11.1. The second-order valence-electron chi connectivity index (χ2n) is 9.00. The quantitative estimate of drug-likeness (QED) is 0.768. The zero-order valence-corrected chi connectivity index (χ0v) is 18.5. The summed E-state index contributed by atoms with van der Waals surface area (Å²) in [7, 11) is 1.67. The Kier molecular flexibility index (Phi) is 5.64. The SMILES string of the molecule is CCc1cccc(C2([C@H](CO)c3nc(=O)c(O)c4n3C[C@H](C)N(C)C4=O)CCCC2)c1. The lowest BCUT2D eigenvalue weighted by molar-refractivity contribution is 0.0654. The first-order chi connectivity index (χ1) is 14.8. The second kappa shape index (κ2) is 8.11. The van der Waals surface area contributed by atoms with Gasteiger partial charge in [-0.3, -0.25) is 9.59 Å². The molecule has 1 saturated carbocycles. The van der Waals surface area contributed by atoms with Crippen LogP contribution in [0, 0.1) is 0 Å². The number of aryl methyl sites for hydroxylation is 1. The van der Waals surface area contributed by atoms with Crippen LogP contribution in [-0.4, -0.2) is 50.3 Å². The Morgan fingerprint density at radius 2 is 1.97 bits per heavy atom. The molecule has 1 fully saturated rings. The van der Waals surface area contributed by atoms with Crippen LogP contribution in [0.25, 0.3) is 0 Å². The molecule has 1 aliphatic heterocycles. The minimum Gasteiger partial charge on any atom is -0.501 e. The Bertz CT molecular complexity index is 1060. The van der Waals surface area contributed by atoms with Gasteiger partial charge in [0.05, 0.1) is 12.5 Å². The van der Waals surface area contributed by atoms with Crippen molar-refractivity contribution in [1.82, 2.24) is 14.5 Å². The summed E-state index contributed by atoms with van der Waals surface area (Å²) >= 11 is 0. The van der Waals surface area contributed by atoms with Gasteiger partial charge in [0.1, 0.15) is 5.82 Å². The van der Waals surface area contributed by atoms with Crippen molar-refractivity contribution in [2.45, 2.75) is 69.9 Å². The number of carbonyl (C=O) groups excluding carboxylic acids is 1. The molecule has 1 aromatic carbocycles. The number of nitrogens with zero attached hydrogens (tertiary/aromatic N) is 3. The first kappa shape index (κ1) is 21.6. The third-order valence-corrected chi connectivity index (χ3v) is 7.39. The number of hydrogen-bond acceptors (Lipinski definition) is 5. The fourth-order valence-electron chi connectivity index (χ4n) is 5.43. The number of likely N-dealkylation sites (N-methyl/N-ethyl adjacent to an activating group) is 1. The molecule has 4 rings (SSSR count). The van der Waals surface area contributed by atoms with Gasteiger partial charge in [-0.05, 0) is 37.3 Å². The minimum atomic E-state index is -0.813. The highest BCUT2D eigenvalue weighted by atomic mass is 16.3. The number of hydrogen-bond donors (Lipinski definition) is 2.